The summed E-state index contributed by atoms with van der Waals surface area (Å²) in [4.78, 5) is 19.1. The van der Waals surface area contributed by atoms with E-state index in [1.807, 2.05) is 7.05 Å². The number of carbonyl (C=O) groups is 1. The Morgan fingerprint density at radius 1 is 1.36 bits per heavy atom. The molecule has 1 amide bonds. The van der Waals surface area contributed by atoms with Gasteiger partial charge in [-0.05, 0) is 38.1 Å². The molecule has 0 radical (unpaired) electrons. The quantitative estimate of drug-likeness (QED) is 0.946. The number of rotatable bonds is 3. The highest BCUT2D eigenvalue weighted by atomic mass is 32.1. The normalized spacial score (nSPS) is 15.7. The van der Waals surface area contributed by atoms with Crippen molar-refractivity contribution in [3.63, 3.8) is 0 Å². The largest absolute Gasteiger partial charge is 0.338 e. The van der Waals surface area contributed by atoms with Crippen LogP contribution in [0.4, 0.5) is 4.39 Å². The lowest BCUT2D eigenvalue weighted by Crippen LogP contribution is -2.43. The first kappa shape index (κ1) is 15.1. The summed E-state index contributed by atoms with van der Waals surface area (Å²) in [6.07, 6.45) is 3.47. The number of carbonyl (C=O) groups excluding carboxylic acids is 1. The van der Waals surface area contributed by atoms with Crippen LogP contribution in [0.25, 0.3) is 10.6 Å². The molecule has 6 heteroatoms. The molecule has 0 unspecified atom stereocenters. The fourth-order valence-electron chi connectivity index (χ4n) is 2.67. The molecule has 0 aliphatic carbocycles. The Hall–Kier alpha value is -1.79. The van der Waals surface area contributed by atoms with Crippen LogP contribution in [-0.2, 0) is 0 Å². The number of hydrogen-bond donors (Lipinski definition) is 1. The number of benzene rings is 1. The summed E-state index contributed by atoms with van der Waals surface area (Å²) in [6.45, 7) is 1.87. The van der Waals surface area contributed by atoms with Gasteiger partial charge in [0.05, 0.1) is 6.20 Å². The van der Waals surface area contributed by atoms with Crippen LogP contribution in [0, 0.1) is 5.82 Å². The van der Waals surface area contributed by atoms with Crippen molar-refractivity contribution >= 4 is 17.2 Å². The summed E-state index contributed by atoms with van der Waals surface area (Å²) in [6, 6.07) is 6.75. The Morgan fingerprint density at radius 3 is 2.82 bits per heavy atom. The molecule has 22 heavy (non-hydrogen) atoms. The zero-order chi connectivity index (χ0) is 15.5. The van der Waals surface area contributed by atoms with Crippen LogP contribution >= 0.6 is 11.3 Å². The van der Waals surface area contributed by atoms with Gasteiger partial charge in [-0.1, -0.05) is 12.1 Å². The molecular formula is C16H18FN3OS. The van der Waals surface area contributed by atoms with Crippen molar-refractivity contribution in [2.24, 2.45) is 0 Å². The van der Waals surface area contributed by atoms with Gasteiger partial charge in [0.15, 0.2) is 0 Å². The lowest BCUT2D eigenvalue weighted by molar-refractivity contribution is 0.0708. The predicted octanol–water partition coefficient (Wildman–Crippen LogP) is 2.77. The first-order valence-electron chi connectivity index (χ1n) is 7.35. The second kappa shape index (κ2) is 6.54. The van der Waals surface area contributed by atoms with Gasteiger partial charge >= 0.3 is 0 Å². The highest BCUT2D eigenvalue weighted by molar-refractivity contribution is 7.16. The van der Waals surface area contributed by atoms with Crippen molar-refractivity contribution < 1.29 is 9.18 Å². The first-order chi connectivity index (χ1) is 10.7. The van der Waals surface area contributed by atoms with Gasteiger partial charge in [0, 0.05) is 18.7 Å². The lowest BCUT2D eigenvalue weighted by Gasteiger charge is -2.31. The van der Waals surface area contributed by atoms with Gasteiger partial charge in [0.25, 0.3) is 5.91 Å². The minimum atomic E-state index is -0.317. The molecule has 1 aliphatic rings. The Balaban J connectivity index is 1.78. The number of amides is 1. The maximum absolute atomic E-state index is 13.8. The molecule has 1 aliphatic heterocycles. The molecule has 1 aromatic heterocycles. The van der Waals surface area contributed by atoms with Gasteiger partial charge in [0.2, 0.25) is 0 Å². The Morgan fingerprint density at radius 2 is 2.09 bits per heavy atom. The summed E-state index contributed by atoms with van der Waals surface area (Å²) in [5.41, 5.74) is 0.441. The van der Waals surface area contributed by atoms with E-state index in [0.29, 0.717) is 15.4 Å². The van der Waals surface area contributed by atoms with Crippen molar-refractivity contribution in [1.29, 1.82) is 0 Å². The number of hydrogen-bond acceptors (Lipinski definition) is 4. The van der Waals surface area contributed by atoms with E-state index in [1.165, 1.54) is 17.4 Å². The average Bonchev–Trinajstić information content (AvgIpc) is 3.04. The van der Waals surface area contributed by atoms with Gasteiger partial charge in [-0.3, -0.25) is 4.79 Å². The topological polar surface area (TPSA) is 45.2 Å². The van der Waals surface area contributed by atoms with Crippen LogP contribution in [0.15, 0.2) is 30.5 Å². The molecule has 3 rings (SSSR count). The molecule has 1 fully saturated rings. The summed E-state index contributed by atoms with van der Waals surface area (Å²) in [7, 11) is 1.83. The maximum Gasteiger partial charge on any atom is 0.265 e. The van der Waals surface area contributed by atoms with E-state index in [4.69, 9.17) is 0 Å². The lowest BCUT2D eigenvalue weighted by atomic mass is 10.1. The molecule has 1 aromatic carbocycles. The van der Waals surface area contributed by atoms with E-state index in [2.05, 4.69) is 10.3 Å². The third-order valence-corrected chi connectivity index (χ3v) is 5.02. The minimum absolute atomic E-state index is 0.0352. The molecule has 0 saturated carbocycles. The standard InChI is InChI=1S/C16H18FN3OS/c1-20(11-6-8-18-9-7-11)16(21)14-10-19-15(22-14)12-4-2-3-5-13(12)17/h2-5,10-11,18H,6-9H2,1H3. The monoisotopic (exact) mass is 319 g/mol. The zero-order valence-electron chi connectivity index (χ0n) is 12.4. The van der Waals surface area contributed by atoms with Crippen molar-refractivity contribution in [3.8, 4) is 10.6 Å². The maximum atomic E-state index is 13.8. The molecule has 0 bridgehead atoms. The number of aromatic nitrogens is 1. The van der Waals surface area contributed by atoms with Crippen LogP contribution in [0.1, 0.15) is 22.5 Å². The summed E-state index contributed by atoms with van der Waals surface area (Å²) in [5, 5.41) is 3.83. The van der Waals surface area contributed by atoms with E-state index >= 15 is 0 Å². The molecule has 2 aromatic rings. The SMILES string of the molecule is CN(C(=O)c1cnc(-c2ccccc2F)s1)C1CCNCC1. The number of thiazole rings is 1. The molecule has 4 nitrogen and oxygen atoms in total. The van der Waals surface area contributed by atoms with Gasteiger partial charge in [-0.15, -0.1) is 11.3 Å². The van der Waals surface area contributed by atoms with Crippen molar-refractivity contribution in [1.82, 2.24) is 15.2 Å². The summed E-state index contributed by atoms with van der Waals surface area (Å²) >= 11 is 1.24. The smallest absolute Gasteiger partial charge is 0.265 e. The third kappa shape index (κ3) is 3.03. The summed E-state index contributed by atoms with van der Waals surface area (Å²) < 4.78 is 13.8. The second-order valence-corrected chi connectivity index (χ2v) is 6.44. The Labute approximate surface area is 133 Å². The van der Waals surface area contributed by atoms with Crippen molar-refractivity contribution in [2.45, 2.75) is 18.9 Å². The number of halogens is 1. The molecule has 1 saturated heterocycles. The van der Waals surface area contributed by atoms with E-state index in [1.54, 1.807) is 29.3 Å². The van der Waals surface area contributed by atoms with E-state index < -0.39 is 0 Å². The highest BCUT2D eigenvalue weighted by Crippen LogP contribution is 2.28. The molecule has 0 spiro atoms. The van der Waals surface area contributed by atoms with Gasteiger partial charge in [0.1, 0.15) is 15.7 Å². The molecule has 0 atom stereocenters. The van der Waals surface area contributed by atoms with Crippen molar-refractivity contribution in [2.75, 3.05) is 20.1 Å². The Kier molecular flexibility index (Phi) is 4.49. The fraction of sp³-hybridized carbons (Fsp3) is 0.375. The molecule has 1 N–H and O–H groups in total. The van der Waals surface area contributed by atoms with Crippen LogP contribution in [0.3, 0.4) is 0 Å². The third-order valence-electron chi connectivity index (χ3n) is 4.00. The van der Waals surface area contributed by atoms with Gasteiger partial charge in [-0.25, -0.2) is 9.37 Å². The molecular weight excluding hydrogens is 301 g/mol. The molecule has 116 valence electrons. The van der Waals surface area contributed by atoms with E-state index in [-0.39, 0.29) is 17.8 Å². The zero-order valence-corrected chi connectivity index (χ0v) is 13.2. The Bertz CT molecular complexity index is 667. The number of nitrogens with zero attached hydrogens (tertiary/aromatic N) is 2. The second-order valence-electron chi connectivity index (χ2n) is 5.41. The van der Waals surface area contributed by atoms with E-state index in [0.717, 1.165) is 25.9 Å². The average molecular weight is 319 g/mol. The van der Waals surface area contributed by atoms with Crippen molar-refractivity contribution in [3.05, 3.63) is 41.2 Å². The first-order valence-corrected chi connectivity index (χ1v) is 8.17. The van der Waals surface area contributed by atoms with Crippen LogP contribution < -0.4 is 5.32 Å². The number of nitrogens with one attached hydrogen (secondary N) is 1. The van der Waals surface area contributed by atoms with E-state index in [9.17, 15) is 9.18 Å². The highest BCUT2D eigenvalue weighted by Gasteiger charge is 2.24. The summed E-state index contributed by atoms with van der Waals surface area (Å²) in [5.74, 6) is -0.352. The van der Waals surface area contributed by atoms with Crippen LogP contribution in [0.2, 0.25) is 0 Å². The van der Waals surface area contributed by atoms with Gasteiger partial charge in [-0.2, -0.15) is 0 Å². The van der Waals surface area contributed by atoms with Gasteiger partial charge < -0.3 is 10.2 Å². The minimum Gasteiger partial charge on any atom is -0.338 e. The molecule has 2 heterocycles. The predicted molar refractivity (Wildman–Crippen MR) is 85.5 cm³/mol. The van der Waals surface area contributed by atoms with Crippen LogP contribution in [0.5, 0.6) is 0 Å². The van der Waals surface area contributed by atoms with Crippen LogP contribution in [-0.4, -0.2) is 42.0 Å². The fourth-order valence-corrected chi connectivity index (χ4v) is 3.59. The number of piperidine rings is 1.